The van der Waals surface area contributed by atoms with Crippen LogP contribution in [0.15, 0.2) is 47.6 Å². The lowest BCUT2D eigenvalue weighted by Crippen LogP contribution is -2.44. The van der Waals surface area contributed by atoms with Crippen molar-refractivity contribution in [1.82, 2.24) is 0 Å². The molecule has 2 aliphatic carbocycles. The Kier molecular flexibility index (Phi) is 7.81. The molecule has 0 radical (unpaired) electrons. The summed E-state index contributed by atoms with van der Waals surface area (Å²) < 4.78 is 5.07. The number of aliphatic hydroxyl groups is 1. The number of carbonyl (C=O) groups excluding carboxylic acids is 1. The molecule has 0 bridgehead atoms. The summed E-state index contributed by atoms with van der Waals surface area (Å²) in [4.78, 5) is 21.8. The van der Waals surface area contributed by atoms with Crippen molar-refractivity contribution in [3.05, 3.63) is 47.6 Å². The summed E-state index contributed by atoms with van der Waals surface area (Å²) in [6.07, 6.45) is 12.3. The van der Waals surface area contributed by atoms with E-state index in [0.717, 1.165) is 24.5 Å². The Morgan fingerprint density at radius 1 is 1.25 bits per heavy atom. The number of ether oxygens (including phenoxy) is 1. The van der Waals surface area contributed by atoms with Gasteiger partial charge in [0, 0.05) is 18.9 Å². The molecule has 0 spiro atoms. The minimum atomic E-state index is -0.974. The third-order valence-corrected chi connectivity index (χ3v) is 6.17. The number of rotatable bonds is 6. The number of esters is 1. The summed E-state index contributed by atoms with van der Waals surface area (Å²) in [5.74, 6) is -0.147. The summed E-state index contributed by atoms with van der Waals surface area (Å²) in [6, 6.07) is 0. The molecule has 2 N–H and O–H groups in total. The maximum absolute atomic E-state index is 11.1. The van der Waals surface area contributed by atoms with Crippen molar-refractivity contribution >= 4 is 11.9 Å². The summed E-state index contributed by atoms with van der Waals surface area (Å²) in [5, 5.41) is 19.3. The number of allylic oxidation sites excluding steroid dienone is 6. The Labute approximate surface area is 167 Å². The van der Waals surface area contributed by atoms with E-state index in [0.29, 0.717) is 5.92 Å². The van der Waals surface area contributed by atoms with E-state index >= 15 is 0 Å². The first-order valence-electron chi connectivity index (χ1n) is 9.96. The van der Waals surface area contributed by atoms with Crippen LogP contribution in [0.2, 0.25) is 0 Å². The molecule has 2 rings (SSSR count). The number of aliphatic carboxylic acids is 1. The van der Waals surface area contributed by atoms with E-state index in [1.807, 2.05) is 13.0 Å². The normalized spacial score (nSPS) is 33.6. The number of carbonyl (C=O) groups is 2. The summed E-state index contributed by atoms with van der Waals surface area (Å²) >= 11 is 0. The van der Waals surface area contributed by atoms with Crippen LogP contribution in [0.3, 0.4) is 0 Å². The average molecular weight is 389 g/mol. The van der Waals surface area contributed by atoms with E-state index in [1.165, 1.54) is 12.5 Å². The quantitative estimate of drug-likeness (QED) is 0.312. The van der Waals surface area contributed by atoms with Gasteiger partial charge in [0.15, 0.2) is 0 Å². The highest BCUT2D eigenvalue weighted by Crippen LogP contribution is 2.50. The highest BCUT2D eigenvalue weighted by atomic mass is 16.5. The van der Waals surface area contributed by atoms with Crippen LogP contribution in [0.4, 0.5) is 0 Å². The van der Waals surface area contributed by atoms with E-state index in [4.69, 9.17) is 9.84 Å². The molecule has 1 saturated carbocycles. The molecule has 0 amide bonds. The SMILES string of the molecule is CC(=O)OC/C=C(\C)[C@@H]1C(C)=C[C@@H]2CC[C@H](O)[C@H](C)[C@H]2[C@@H]1/C=C/C=C/C(=O)O. The largest absolute Gasteiger partial charge is 0.478 e. The van der Waals surface area contributed by atoms with Gasteiger partial charge in [0.05, 0.1) is 6.10 Å². The molecule has 1 fully saturated rings. The van der Waals surface area contributed by atoms with E-state index in [9.17, 15) is 14.7 Å². The lowest BCUT2D eigenvalue weighted by atomic mass is 9.57. The minimum Gasteiger partial charge on any atom is -0.478 e. The van der Waals surface area contributed by atoms with Gasteiger partial charge < -0.3 is 14.9 Å². The van der Waals surface area contributed by atoms with Crippen LogP contribution in [0.25, 0.3) is 0 Å². The number of hydrogen-bond donors (Lipinski definition) is 2. The van der Waals surface area contributed by atoms with Crippen LogP contribution in [0.5, 0.6) is 0 Å². The van der Waals surface area contributed by atoms with Crippen molar-refractivity contribution in [2.24, 2.45) is 29.6 Å². The molecule has 0 aromatic heterocycles. The van der Waals surface area contributed by atoms with Crippen LogP contribution >= 0.6 is 0 Å². The van der Waals surface area contributed by atoms with Crippen molar-refractivity contribution in [3.8, 4) is 0 Å². The minimum absolute atomic E-state index is 0.138. The monoisotopic (exact) mass is 388 g/mol. The smallest absolute Gasteiger partial charge is 0.328 e. The van der Waals surface area contributed by atoms with Crippen LogP contribution in [-0.2, 0) is 14.3 Å². The van der Waals surface area contributed by atoms with E-state index in [-0.39, 0.29) is 42.4 Å². The van der Waals surface area contributed by atoms with Gasteiger partial charge in [-0.15, -0.1) is 0 Å². The fourth-order valence-electron chi connectivity index (χ4n) is 4.91. The number of hydrogen-bond acceptors (Lipinski definition) is 4. The zero-order chi connectivity index (χ0) is 20.8. The zero-order valence-electron chi connectivity index (χ0n) is 17.2. The topological polar surface area (TPSA) is 83.8 Å². The van der Waals surface area contributed by atoms with Crippen molar-refractivity contribution in [2.75, 3.05) is 6.61 Å². The van der Waals surface area contributed by atoms with Crippen LogP contribution < -0.4 is 0 Å². The predicted molar refractivity (Wildman–Crippen MR) is 108 cm³/mol. The Balaban J connectivity index is 2.37. The van der Waals surface area contributed by atoms with Crippen molar-refractivity contribution in [3.63, 3.8) is 0 Å². The molecule has 0 aromatic carbocycles. The molecule has 6 atom stereocenters. The second kappa shape index (κ2) is 9.87. The Morgan fingerprint density at radius 3 is 2.61 bits per heavy atom. The molecular formula is C23H32O5. The number of fused-ring (bicyclic) bond motifs is 1. The van der Waals surface area contributed by atoms with Gasteiger partial charge in [-0.25, -0.2) is 4.79 Å². The van der Waals surface area contributed by atoms with Gasteiger partial charge in [-0.1, -0.05) is 42.4 Å². The third kappa shape index (κ3) is 5.44. The Bertz CT molecular complexity index is 700. The first kappa shape index (κ1) is 22.2. The molecule has 5 heteroatoms. The van der Waals surface area contributed by atoms with Crippen molar-refractivity contribution < 1.29 is 24.5 Å². The van der Waals surface area contributed by atoms with Gasteiger partial charge in [0.2, 0.25) is 0 Å². The van der Waals surface area contributed by atoms with Gasteiger partial charge >= 0.3 is 11.9 Å². The maximum Gasteiger partial charge on any atom is 0.328 e. The molecule has 5 nitrogen and oxygen atoms in total. The molecular weight excluding hydrogens is 356 g/mol. The lowest BCUT2D eigenvalue weighted by molar-refractivity contribution is -0.139. The molecule has 0 unspecified atom stereocenters. The Hall–Kier alpha value is -2.14. The second-order valence-corrected chi connectivity index (χ2v) is 8.04. The second-order valence-electron chi connectivity index (χ2n) is 8.04. The average Bonchev–Trinajstić information content (AvgIpc) is 2.60. The first-order valence-corrected chi connectivity index (χ1v) is 9.96. The molecule has 0 aliphatic heterocycles. The van der Waals surface area contributed by atoms with Gasteiger partial charge in [-0.05, 0) is 56.4 Å². The summed E-state index contributed by atoms with van der Waals surface area (Å²) in [7, 11) is 0. The standard InChI is InChI=1S/C23H32O5/c1-14(11-12-28-17(4)24)22-15(2)13-18-9-10-20(25)16(3)23(18)19(22)7-5-6-8-21(26)27/h5-8,11,13,16,18-20,22-23,25H,9-10,12H2,1-4H3,(H,26,27)/b7-5+,8-6+,14-11+/t16-,18-,19+,20-,22+,23+/m0/s1. The van der Waals surface area contributed by atoms with Crippen molar-refractivity contribution in [1.29, 1.82) is 0 Å². The van der Waals surface area contributed by atoms with Gasteiger partial charge in [0.25, 0.3) is 0 Å². The molecule has 0 aromatic rings. The van der Waals surface area contributed by atoms with Crippen LogP contribution in [0, 0.1) is 29.6 Å². The molecule has 2 aliphatic rings. The highest BCUT2D eigenvalue weighted by molar-refractivity contribution is 5.80. The van der Waals surface area contributed by atoms with Crippen LogP contribution in [0.1, 0.15) is 40.5 Å². The van der Waals surface area contributed by atoms with E-state index < -0.39 is 5.97 Å². The molecule has 0 saturated heterocycles. The van der Waals surface area contributed by atoms with Gasteiger partial charge in [-0.2, -0.15) is 0 Å². The van der Waals surface area contributed by atoms with E-state index in [1.54, 1.807) is 12.2 Å². The molecule has 154 valence electrons. The third-order valence-electron chi connectivity index (χ3n) is 6.17. The fourth-order valence-corrected chi connectivity index (χ4v) is 4.91. The van der Waals surface area contributed by atoms with Gasteiger partial charge in [0.1, 0.15) is 6.61 Å². The fraction of sp³-hybridized carbons (Fsp3) is 0.565. The van der Waals surface area contributed by atoms with E-state index in [2.05, 4.69) is 26.0 Å². The zero-order valence-corrected chi connectivity index (χ0v) is 17.2. The lowest BCUT2D eigenvalue weighted by Gasteiger charge is -2.48. The number of carboxylic acid groups (broad SMARTS) is 1. The summed E-state index contributed by atoms with van der Waals surface area (Å²) in [6.45, 7) is 7.92. The first-order chi connectivity index (χ1) is 13.2. The molecule has 0 heterocycles. The maximum atomic E-state index is 11.1. The highest BCUT2D eigenvalue weighted by Gasteiger charge is 2.44. The summed E-state index contributed by atoms with van der Waals surface area (Å²) in [5.41, 5.74) is 2.40. The van der Waals surface area contributed by atoms with Crippen LogP contribution in [-0.4, -0.2) is 34.9 Å². The van der Waals surface area contributed by atoms with Gasteiger partial charge in [-0.3, -0.25) is 4.79 Å². The number of aliphatic hydroxyl groups excluding tert-OH is 1. The Morgan fingerprint density at radius 2 is 1.96 bits per heavy atom. The number of carboxylic acids is 1. The predicted octanol–water partition coefficient (Wildman–Crippen LogP) is 3.91. The molecule has 28 heavy (non-hydrogen) atoms. The van der Waals surface area contributed by atoms with Crippen molar-refractivity contribution in [2.45, 2.75) is 46.6 Å².